The topological polar surface area (TPSA) is 104 Å². The van der Waals surface area contributed by atoms with Crippen LogP contribution in [-0.4, -0.2) is 63.3 Å². The summed E-state index contributed by atoms with van der Waals surface area (Å²) >= 11 is 0. The molecule has 0 bridgehead atoms. The van der Waals surface area contributed by atoms with Crippen molar-refractivity contribution in [1.29, 1.82) is 0 Å². The molecular weight excluding hydrogens is 406 g/mol. The summed E-state index contributed by atoms with van der Waals surface area (Å²) in [6.45, 7) is 4.34. The van der Waals surface area contributed by atoms with Gasteiger partial charge in [0.05, 0.1) is 29.8 Å². The van der Waals surface area contributed by atoms with Crippen LogP contribution in [0.3, 0.4) is 0 Å². The zero-order valence-corrected chi connectivity index (χ0v) is 18.8. The van der Waals surface area contributed by atoms with E-state index >= 15 is 0 Å². The van der Waals surface area contributed by atoms with Gasteiger partial charge < -0.3 is 19.6 Å². The van der Waals surface area contributed by atoms with Gasteiger partial charge in [-0.3, -0.25) is 9.59 Å². The van der Waals surface area contributed by atoms with Crippen LogP contribution in [0.1, 0.15) is 60.7 Å². The first-order valence-electron chi connectivity index (χ1n) is 11.4. The zero-order chi connectivity index (χ0) is 22.5. The van der Waals surface area contributed by atoms with Crippen LogP contribution in [-0.2, 0) is 16.0 Å². The lowest BCUT2D eigenvalue weighted by Gasteiger charge is -2.27. The number of para-hydroxylation sites is 2. The number of aromatic amines is 2. The summed E-state index contributed by atoms with van der Waals surface area (Å²) < 4.78 is 5.38. The van der Waals surface area contributed by atoms with Gasteiger partial charge in [0.2, 0.25) is 0 Å². The fraction of sp³-hybridized carbons (Fsp3) is 0.500. The number of H-pyrrole nitrogens is 2. The molecule has 1 fully saturated rings. The Hall–Kier alpha value is -3.00. The Balaban J connectivity index is 1.46. The Morgan fingerprint density at radius 2 is 2.00 bits per heavy atom. The average Bonchev–Trinajstić information content (AvgIpc) is 3.44. The van der Waals surface area contributed by atoms with Crippen LogP contribution >= 0.6 is 0 Å². The predicted octanol–water partition coefficient (Wildman–Crippen LogP) is 3.48. The standard InChI is InChI=1S/C24H31N5O3/c1-3-12-32-24(31)17(14-22-26-18-6-4-5-7-19(18)27-22)13-21(30)20-15-25-23(28-20)16-8-10-29(2)11-9-16/h4-7,15-17H,3,8-14H2,1-2H3,(H,25,28)(H,26,27). The molecule has 170 valence electrons. The number of rotatable bonds is 9. The van der Waals surface area contributed by atoms with E-state index in [0.717, 1.165) is 49.2 Å². The van der Waals surface area contributed by atoms with E-state index in [9.17, 15) is 9.59 Å². The average molecular weight is 438 g/mol. The lowest BCUT2D eigenvalue weighted by atomic mass is 9.96. The molecular formula is C24H31N5O3. The van der Waals surface area contributed by atoms with Gasteiger partial charge in [0.25, 0.3) is 0 Å². The fourth-order valence-electron chi connectivity index (χ4n) is 4.20. The van der Waals surface area contributed by atoms with Crippen molar-refractivity contribution in [2.45, 2.75) is 44.9 Å². The maximum atomic E-state index is 13.0. The second-order valence-electron chi connectivity index (χ2n) is 8.66. The first-order chi connectivity index (χ1) is 15.5. The molecule has 3 heterocycles. The third kappa shape index (κ3) is 5.24. The Kier molecular flexibility index (Phi) is 6.99. The number of hydrogen-bond acceptors (Lipinski definition) is 6. The second-order valence-corrected chi connectivity index (χ2v) is 8.66. The molecule has 0 radical (unpaired) electrons. The maximum absolute atomic E-state index is 13.0. The third-order valence-electron chi connectivity index (χ3n) is 6.09. The molecule has 0 saturated carbocycles. The summed E-state index contributed by atoms with van der Waals surface area (Å²) in [6.07, 6.45) is 4.75. The second kappa shape index (κ2) is 10.1. The molecule has 1 aromatic carbocycles. The van der Waals surface area contributed by atoms with Crippen LogP contribution in [0.2, 0.25) is 0 Å². The van der Waals surface area contributed by atoms with E-state index in [1.807, 2.05) is 31.2 Å². The zero-order valence-electron chi connectivity index (χ0n) is 18.8. The van der Waals surface area contributed by atoms with E-state index in [1.165, 1.54) is 0 Å². The number of carbonyl (C=O) groups excluding carboxylic acids is 2. The molecule has 0 amide bonds. The van der Waals surface area contributed by atoms with E-state index in [-0.39, 0.29) is 18.2 Å². The molecule has 4 rings (SSSR count). The summed E-state index contributed by atoms with van der Waals surface area (Å²) in [5.74, 6) is 0.776. The van der Waals surface area contributed by atoms with Crippen LogP contribution in [0.15, 0.2) is 30.5 Å². The van der Waals surface area contributed by atoms with E-state index in [1.54, 1.807) is 6.20 Å². The van der Waals surface area contributed by atoms with Crippen LogP contribution in [0.25, 0.3) is 11.0 Å². The maximum Gasteiger partial charge on any atom is 0.309 e. The predicted molar refractivity (Wildman–Crippen MR) is 122 cm³/mol. The van der Waals surface area contributed by atoms with E-state index < -0.39 is 5.92 Å². The molecule has 1 saturated heterocycles. The number of nitrogens with one attached hydrogen (secondary N) is 2. The number of benzene rings is 1. The number of Topliss-reactive ketones (excluding diaryl/α,β-unsaturated/α-hetero) is 1. The highest BCUT2D eigenvalue weighted by Gasteiger charge is 2.27. The molecule has 3 aromatic rings. The number of nitrogens with zero attached hydrogens (tertiary/aromatic N) is 3. The SMILES string of the molecule is CCCOC(=O)C(CC(=O)c1cnc(C2CCN(C)CC2)[nH]1)Cc1nc2ccccc2[nH]1. The minimum atomic E-state index is -0.607. The first kappa shape index (κ1) is 22.2. The lowest BCUT2D eigenvalue weighted by Crippen LogP contribution is -2.29. The third-order valence-corrected chi connectivity index (χ3v) is 6.09. The Morgan fingerprint density at radius 3 is 2.75 bits per heavy atom. The van der Waals surface area contributed by atoms with E-state index in [2.05, 4.69) is 31.9 Å². The number of imidazole rings is 2. The van der Waals surface area contributed by atoms with Crippen molar-refractivity contribution in [1.82, 2.24) is 24.8 Å². The van der Waals surface area contributed by atoms with Gasteiger partial charge in [-0.25, -0.2) is 9.97 Å². The molecule has 0 spiro atoms. The minimum absolute atomic E-state index is 0.0502. The number of likely N-dealkylation sites (tertiary alicyclic amines) is 1. The summed E-state index contributed by atoms with van der Waals surface area (Å²) in [4.78, 5) is 43.6. The first-order valence-corrected chi connectivity index (χ1v) is 11.4. The highest BCUT2D eigenvalue weighted by molar-refractivity contribution is 5.96. The van der Waals surface area contributed by atoms with Gasteiger partial charge >= 0.3 is 5.97 Å². The van der Waals surface area contributed by atoms with Gasteiger partial charge in [-0.15, -0.1) is 0 Å². The summed E-state index contributed by atoms with van der Waals surface area (Å²) in [5, 5.41) is 0. The minimum Gasteiger partial charge on any atom is -0.465 e. The quantitative estimate of drug-likeness (QED) is 0.392. The van der Waals surface area contributed by atoms with Gasteiger partial charge in [0.15, 0.2) is 5.78 Å². The van der Waals surface area contributed by atoms with Crippen molar-refractivity contribution < 1.29 is 14.3 Å². The molecule has 1 atom stereocenters. The highest BCUT2D eigenvalue weighted by Crippen LogP contribution is 2.26. The van der Waals surface area contributed by atoms with E-state index in [0.29, 0.717) is 30.5 Å². The number of fused-ring (bicyclic) bond motifs is 1. The molecule has 8 nitrogen and oxygen atoms in total. The lowest BCUT2D eigenvalue weighted by molar-refractivity contribution is -0.148. The normalized spacial score (nSPS) is 16.3. The number of piperidine rings is 1. The van der Waals surface area contributed by atoms with Crippen molar-refractivity contribution in [3.05, 3.63) is 47.8 Å². The van der Waals surface area contributed by atoms with Crippen molar-refractivity contribution in [3.63, 3.8) is 0 Å². The van der Waals surface area contributed by atoms with Crippen molar-refractivity contribution in [2.75, 3.05) is 26.7 Å². The van der Waals surface area contributed by atoms with Crippen LogP contribution < -0.4 is 0 Å². The summed E-state index contributed by atoms with van der Waals surface area (Å²) in [5.41, 5.74) is 2.20. The Bertz CT molecular complexity index is 1030. The molecule has 1 aliphatic heterocycles. The van der Waals surface area contributed by atoms with Gasteiger partial charge in [-0.2, -0.15) is 0 Å². The summed E-state index contributed by atoms with van der Waals surface area (Å²) in [6, 6.07) is 7.71. The molecule has 32 heavy (non-hydrogen) atoms. The number of carbonyl (C=O) groups is 2. The van der Waals surface area contributed by atoms with Gasteiger partial charge in [-0.05, 0) is 51.5 Å². The van der Waals surface area contributed by atoms with Gasteiger partial charge in [0.1, 0.15) is 17.3 Å². The molecule has 1 aliphatic rings. The fourth-order valence-corrected chi connectivity index (χ4v) is 4.20. The van der Waals surface area contributed by atoms with Gasteiger partial charge in [0, 0.05) is 18.8 Å². The number of ketones is 1. The number of ether oxygens (including phenoxy) is 1. The molecule has 2 N–H and O–H groups in total. The van der Waals surface area contributed by atoms with E-state index in [4.69, 9.17) is 4.74 Å². The molecule has 8 heteroatoms. The molecule has 1 unspecified atom stereocenters. The van der Waals surface area contributed by atoms with Crippen LogP contribution in [0.5, 0.6) is 0 Å². The monoisotopic (exact) mass is 437 g/mol. The summed E-state index contributed by atoms with van der Waals surface area (Å²) in [7, 11) is 2.12. The Morgan fingerprint density at radius 1 is 1.22 bits per heavy atom. The number of hydrogen-bond donors (Lipinski definition) is 2. The largest absolute Gasteiger partial charge is 0.465 e. The van der Waals surface area contributed by atoms with Crippen molar-refractivity contribution in [2.24, 2.45) is 5.92 Å². The van der Waals surface area contributed by atoms with Crippen molar-refractivity contribution >= 4 is 22.8 Å². The molecule has 2 aromatic heterocycles. The van der Waals surface area contributed by atoms with Crippen LogP contribution in [0, 0.1) is 5.92 Å². The molecule has 0 aliphatic carbocycles. The van der Waals surface area contributed by atoms with Crippen LogP contribution in [0.4, 0.5) is 0 Å². The smallest absolute Gasteiger partial charge is 0.309 e. The van der Waals surface area contributed by atoms with Crippen molar-refractivity contribution in [3.8, 4) is 0 Å². The Labute approximate surface area is 187 Å². The highest BCUT2D eigenvalue weighted by atomic mass is 16.5. The number of esters is 1. The van der Waals surface area contributed by atoms with Gasteiger partial charge in [-0.1, -0.05) is 19.1 Å². The number of aromatic nitrogens is 4.